The molecule has 0 aromatic heterocycles. The standard InChI is InChI=1S/C23H19BrClNO3/c1-2-29-17-10-7-15(8-11-17)13-22(27)26-21-12-9-16(24)14-19(21)23(28)18-5-3-4-6-20(18)25/h3-12,14H,2,13H2,1H3,(H,26,27). The first-order chi connectivity index (χ1) is 14.0. The van der Waals surface area contributed by atoms with E-state index in [0.717, 1.165) is 15.8 Å². The van der Waals surface area contributed by atoms with Gasteiger partial charge in [-0.25, -0.2) is 0 Å². The fraction of sp³-hybridized carbons (Fsp3) is 0.130. The molecule has 0 radical (unpaired) electrons. The lowest BCUT2D eigenvalue weighted by Crippen LogP contribution is -2.17. The number of nitrogens with one attached hydrogen (secondary N) is 1. The molecule has 0 aliphatic carbocycles. The third-order valence-corrected chi connectivity index (χ3v) is 5.04. The number of rotatable bonds is 7. The summed E-state index contributed by atoms with van der Waals surface area (Å²) in [6.45, 7) is 2.51. The SMILES string of the molecule is CCOc1ccc(CC(=O)Nc2ccc(Br)cc2C(=O)c2ccccc2Cl)cc1. The van der Waals surface area contributed by atoms with E-state index < -0.39 is 0 Å². The number of hydrogen-bond acceptors (Lipinski definition) is 3. The highest BCUT2D eigenvalue weighted by Gasteiger charge is 2.18. The van der Waals surface area contributed by atoms with E-state index in [1.165, 1.54) is 0 Å². The lowest BCUT2D eigenvalue weighted by molar-refractivity contribution is -0.115. The van der Waals surface area contributed by atoms with E-state index in [9.17, 15) is 9.59 Å². The molecule has 148 valence electrons. The molecular formula is C23H19BrClNO3. The van der Waals surface area contributed by atoms with Gasteiger partial charge in [0, 0.05) is 15.6 Å². The molecule has 0 unspecified atom stereocenters. The smallest absolute Gasteiger partial charge is 0.228 e. The summed E-state index contributed by atoms with van der Waals surface area (Å²) < 4.78 is 6.15. The highest BCUT2D eigenvalue weighted by atomic mass is 79.9. The molecule has 29 heavy (non-hydrogen) atoms. The molecule has 1 N–H and O–H groups in total. The van der Waals surface area contributed by atoms with E-state index in [2.05, 4.69) is 21.2 Å². The van der Waals surface area contributed by atoms with Crippen molar-refractivity contribution in [1.29, 1.82) is 0 Å². The molecule has 0 saturated heterocycles. The Morgan fingerprint density at radius 3 is 2.41 bits per heavy atom. The van der Waals surface area contributed by atoms with Crippen LogP contribution in [0.2, 0.25) is 5.02 Å². The molecule has 3 aromatic rings. The summed E-state index contributed by atoms with van der Waals surface area (Å²) in [5, 5.41) is 3.21. The van der Waals surface area contributed by atoms with Crippen LogP contribution in [0.4, 0.5) is 5.69 Å². The maximum Gasteiger partial charge on any atom is 0.228 e. The number of ketones is 1. The Hall–Kier alpha value is -2.63. The van der Waals surface area contributed by atoms with E-state index in [-0.39, 0.29) is 18.1 Å². The van der Waals surface area contributed by atoms with Gasteiger partial charge in [-0.15, -0.1) is 0 Å². The predicted octanol–water partition coefficient (Wildman–Crippen LogP) is 5.91. The molecule has 4 nitrogen and oxygen atoms in total. The summed E-state index contributed by atoms with van der Waals surface area (Å²) in [4.78, 5) is 25.6. The fourth-order valence-corrected chi connectivity index (χ4v) is 3.44. The zero-order valence-corrected chi connectivity index (χ0v) is 18.1. The summed E-state index contributed by atoms with van der Waals surface area (Å²) in [5.74, 6) is 0.287. The molecule has 6 heteroatoms. The highest BCUT2D eigenvalue weighted by molar-refractivity contribution is 9.10. The van der Waals surface area contributed by atoms with Gasteiger partial charge in [0.15, 0.2) is 5.78 Å². The monoisotopic (exact) mass is 471 g/mol. The van der Waals surface area contributed by atoms with Crippen LogP contribution in [-0.4, -0.2) is 18.3 Å². The van der Waals surface area contributed by atoms with Gasteiger partial charge in [-0.1, -0.05) is 51.8 Å². The van der Waals surface area contributed by atoms with Crippen molar-refractivity contribution >= 4 is 44.9 Å². The number of ether oxygens (including phenoxy) is 1. The normalized spacial score (nSPS) is 10.4. The molecule has 0 fully saturated rings. The van der Waals surface area contributed by atoms with Gasteiger partial charge in [0.05, 0.1) is 23.7 Å². The Morgan fingerprint density at radius 1 is 1.00 bits per heavy atom. The Balaban J connectivity index is 1.79. The van der Waals surface area contributed by atoms with Crippen LogP contribution < -0.4 is 10.1 Å². The molecule has 0 spiro atoms. The molecular weight excluding hydrogens is 454 g/mol. The summed E-state index contributed by atoms with van der Waals surface area (Å²) >= 11 is 9.56. The topological polar surface area (TPSA) is 55.4 Å². The first kappa shape index (κ1) is 21.1. The van der Waals surface area contributed by atoms with Crippen LogP contribution in [0.3, 0.4) is 0 Å². The zero-order valence-electron chi connectivity index (χ0n) is 15.7. The molecule has 0 heterocycles. The van der Waals surface area contributed by atoms with Crippen molar-refractivity contribution in [2.24, 2.45) is 0 Å². The van der Waals surface area contributed by atoms with Crippen molar-refractivity contribution in [3.8, 4) is 5.75 Å². The third-order valence-electron chi connectivity index (χ3n) is 4.22. The van der Waals surface area contributed by atoms with Crippen LogP contribution >= 0.6 is 27.5 Å². The van der Waals surface area contributed by atoms with Crippen LogP contribution in [0.15, 0.2) is 71.2 Å². The van der Waals surface area contributed by atoms with Crippen LogP contribution in [0.5, 0.6) is 5.75 Å². The van der Waals surface area contributed by atoms with Gasteiger partial charge >= 0.3 is 0 Å². The van der Waals surface area contributed by atoms with Crippen molar-refractivity contribution in [1.82, 2.24) is 0 Å². The second-order valence-electron chi connectivity index (χ2n) is 6.30. The van der Waals surface area contributed by atoms with Crippen LogP contribution in [0.25, 0.3) is 0 Å². The van der Waals surface area contributed by atoms with Gasteiger partial charge in [-0.2, -0.15) is 0 Å². The van der Waals surface area contributed by atoms with Crippen molar-refractivity contribution in [3.63, 3.8) is 0 Å². The maximum atomic E-state index is 13.0. The lowest BCUT2D eigenvalue weighted by Gasteiger charge is -2.12. The van der Waals surface area contributed by atoms with Gasteiger partial charge in [-0.05, 0) is 55.0 Å². The Morgan fingerprint density at radius 2 is 1.72 bits per heavy atom. The molecule has 3 aromatic carbocycles. The van der Waals surface area contributed by atoms with Gasteiger partial charge < -0.3 is 10.1 Å². The van der Waals surface area contributed by atoms with Gasteiger partial charge in [0.2, 0.25) is 5.91 Å². The van der Waals surface area contributed by atoms with Crippen molar-refractivity contribution in [2.45, 2.75) is 13.3 Å². The molecule has 0 aliphatic heterocycles. The summed E-state index contributed by atoms with van der Waals surface area (Å²) in [5.41, 5.74) is 2.04. The van der Waals surface area contributed by atoms with E-state index in [0.29, 0.717) is 28.4 Å². The van der Waals surface area contributed by atoms with Crippen LogP contribution in [0, 0.1) is 0 Å². The molecule has 0 saturated carbocycles. The van der Waals surface area contributed by atoms with Crippen molar-refractivity contribution in [3.05, 3.63) is 92.9 Å². The van der Waals surface area contributed by atoms with Gasteiger partial charge in [-0.3, -0.25) is 9.59 Å². The molecule has 3 rings (SSSR count). The average Bonchev–Trinajstić information content (AvgIpc) is 2.71. The summed E-state index contributed by atoms with van der Waals surface area (Å²) in [6.07, 6.45) is 0.183. The average molecular weight is 473 g/mol. The number of amides is 1. The van der Waals surface area contributed by atoms with E-state index >= 15 is 0 Å². The third kappa shape index (κ3) is 5.46. The minimum atomic E-state index is -0.256. The van der Waals surface area contributed by atoms with Crippen molar-refractivity contribution in [2.75, 3.05) is 11.9 Å². The maximum absolute atomic E-state index is 13.0. The lowest BCUT2D eigenvalue weighted by atomic mass is 10.0. The minimum Gasteiger partial charge on any atom is -0.494 e. The summed E-state index contributed by atoms with van der Waals surface area (Å²) in [6, 6.07) is 19.4. The first-order valence-electron chi connectivity index (χ1n) is 9.08. The van der Waals surface area contributed by atoms with Crippen molar-refractivity contribution < 1.29 is 14.3 Å². The van der Waals surface area contributed by atoms with Gasteiger partial charge in [0.25, 0.3) is 0 Å². The number of hydrogen-bond donors (Lipinski definition) is 1. The second kappa shape index (κ2) is 9.72. The first-order valence-corrected chi connectivity index (χ1v) is 10.3. The van der Waals surface area contributed by atoms with E-state index in [4.69, 9.17) is 16.3 Å². The predicted molar refractivity (Wildman–Crippen MR) is 119 cm³/mol. The zero-order chi connectivity index (χ0) is 20.8. The number of halogens is 2. The Labute approximate surface area is 183 Å². The highest BCUT2D eigenvalue weighted by Crippen LogP contribution is 2.27. The summed E-state index contributed by atoms with van der Waals surface area (Å²) in [7, 11) is 0. The van der Waals surface area contributed by atoms with Gasteiger partial charge in [0.1, 0.15) is 5.75 Å². The molecule has 0 atom stereocenters. The number of benzene rings is 3. The van der Waals surface area contributed by atoms with Crippen LogP contribution in [-0.2, 0) is 11.2 Å². The van der Waals surface area contributed by atoms with E-state index in [1.807, 2.05) is 31.2 Å². The largest absolute Gasteiger partial charge is 0.494 e. The van der Waals surface area contributed by atoms with E-state index in [1.54, 1.807) is 42.5 Å². The number of anilines is 1. The number of carbonyl (C=O) groups excluding carboxylic acids is 2. The fourth-order valence-electron chi connectivity index (χ4n) is 2.85. The molecule has 0 bridgehead atoms. The Kier molecular flexibility index (Phi) is 7.07. The molecule has 0 aliphatic rings. The second-order valence-corrected chi connectivity index (χ2v) is 7.62. The molecule has 1 amide bonds. The Bertz CT molecular complexity index is 1030. The minimum absolute atomic E-state index is 0.183. The van der Waals surface area contributed by atoms with Crippen LogP contribution in [0.1, 0.15) is 28.4 Å². The quantitative estimate of drug-likeness (QED) is 0.435. The number of carbonyl (C=O) groups is 2.